The Balaban J connectivity index is 1.46. The SMILES string of the molecule is N#Cc1ccccc1COc1c(Cl)cc(/C=C2/SC(=O)N(CC(=O)N3CCOCC3)C2=O)cc1Cl. The predicted molar refractivity (Wildman–Crippen MR) is 132 cm³/mol. The van der Waals surface area contributed by atoms with Crippen molar-refractivity contribution in [1.29, 1.82) is 5.26 Å². The van der Waals surface area contributed by atoms with Crippen molar-refractivity contribution in [3.63, 3.8) is 0 Å². The number of rotatable bonds is 6. The van der Waals surface area contributed by atoms with Crippen LogP contribution in [-0.4, -0.2) is 59.7 Å². The average molecular weight is 532 g/mol. The lowest BCUT2D eigenvalue weighted by Gasteiger charge is -2.28. The number of carbonyl (C=O) groups is 3. The molecular formula is C24H19Cl2N3O5S. The minimum atomic E-state index is -0.553. The molecular weight excluding hydrogens is 513 g/mol. The molecule has 0 aromatic heterocycles. The second kappa shape index (κ2) is 11.1. The Kier molecular flexibility index (Phi) is 7.98. The molecule has 35 heavy (non-hydrogen) atoms. The van der Waals surface area contributed by atoms with Crippen LogP contribution in [0.15, 0.2) is 41.3 Å². The minimum absolute atomic E-state index is 0.0958. The van der Waals surface area contributed by atoms with Crippen LogP contribution in [0, 0.1) is 11.3 Å². The highest BCUT2D eigenvalue weighted by atomic mass is 35.5. The van der Waals surface area contributed by atoms with Gasteiger partial charge in [-0.05, 0) is 41.6 Å². The van der Waals surface area contributed by atoms with Crippen LogP contribution in [0.2, 0.25) is 10.0 Å². The first-order chi connectivity index (χ1) is 16.9. The van der Waals surface area contributed by atoms with E-state index >= 15 is 0 Å². The second-order valence-electron chi connectivity index (χ2n) is 7.63. The fraction of sp³-hybridized carbons (Fsp3) is 0.250. The van der Waals surface area contributed by atoms with Crippen LogP contribution in [0.25, 0.3) is 6.08 Å². The lowest BCUT2D eigenvalue weighted by atomic mass is 10.1. The molecule has 2 aliphatic heterocycles. The molecule has 2 saturated heterocycles. The molecule has 180 valence electrons. The molecule has 2 heterocycles. The van der Waals surface area contributed by atoms with E-state index < -0.39 is 11.1 Å². The molecule has 2 aromatic carbocycles. The van der Waals surface area contributed by atoms with Crippen molar-refractivity contribution in [2.24, 2.45) is 0 Å². The van der Waals surface area contributed by atoms with Crippen molar-refractivity contribution in [3.8, 4) is 11.8 Å². The number of hydrogen-bond acceptors (Lipinski definition) is 7. The van der Waals surface area contributed by atoms with Crippen LogP contribution < -0.4 is 4.74 Å². The highest BCUT2D eigenvalue weighted by Crippen LogP contribution is 2.38. The number of amides is 3. The normalized spacial score (nSPS) is 17.1. The fourth-order valence-electron chi connectivity index (χ4n) is 3.54. The number of hydrogen-bond donors (Lipinski definition) is 0. The summed E-state index contributed by atoms with van der Waals surface area (Å²) in [5.74, 6) is -0.618. The van der Waals surface area contributed by atoms with E-state index in [0.717, 1.165) is 16.7 Å². The highest BCUT2D eigenvalue weighted by Gasteiger charge is 2.37. The monoisotopic (exact) mass is 531 g/mol. The number of morpholine rings is 1. The van der Waals surface area contributed by atoms with E-state index in [-0.39, 0.29) is 39.8 Å². The molecule has 3 amide bonds. The largest absolute Gasteiger partial charge is 0.486 e. The summed E-state index contributed by atoms with van der Waals surface area (Å²) in [4.78, 5) is 40.3. The maximum absolute atomic E-state index is 12.8. The van der Waals surface area contributed by atoms with Gasteiger partial charge in [-0.25, -0.2) is 0 Å². The van der Waals surface area contributed by atoms with Crippen LogP contribution in [0.5, 0.6) is 5.75 Å². The van der Waals surface area contributed by atoms with E-state index in [1.54, 1.807) is 41.3 Å². The van der Waals surface area contributed by atoms with Gasteiger partial charge >= 0.3 is 0 Å². The molecule has 0 unspecified atom stereocenters. The van der Waals surface area contributed by atoms with Crippen LogP contribution >= 0.6 is 35.0 Å². The Labute approximate surface area is 216 Å². The summed E-state index contributed by atoms with van der Waals surface area (Å²) in [5.41, 5.74) is 1.67. The zero-order chi connectivity index (χ0) is 24.9. The molecule has 0 radical (unpaired) electrons. The van der Waals surface area contributed by atoms with Gasteiger partial charge < -0.3 is 14.4 Å². The molecule has 0 N–H and O–H groups in total. The summed E-state index contributed by atoms with van der Waals surface area (Å²) in [5, 5.41) is 9.12. The molecule has 0 aliphatic carbocycles. The first-order valence-electron chi connectivity index (χ1n) is 10.6. The lowest BCUT2D eigenvalue weighted by Crippen LogP contribution is -2.46. The molecule has 0 atom stereocenters. The van der Waals surface area contributed by atoms with Gasteiger partial charge in [-0.2, -0.15) is 5.26 Å². The third-order valence-electron chi connectivity index (χ3n) is 5.36. The molecule has 8 nitrogen and oxygen atoms in total. The number of thioether (sulfide) groups is 1. The number of ether oxygens (including phenoxy) is 2. The Morgan fingerprint density at radius 3 is 2.54 bits per heavy atom. The van der Waals surface area contributed by atoms with E-state index in [9.17, 15) is 19.6 Å². The minimum Gasteiger partial charge on any atom is -0.486 e. The fourth-order valence-corrected chi connectivity index (χ4v) is 4.99. The topological polar surface area (TPSA) is 99.9 Å². The van der Waals surface area contributed by atoms with Crippen LogP contribution in [-0.2, 0) is 20.9 Å². The maximum Gasteiger partial charge on any atom is 0.294 e. The first kappa shape index (κ1) is 25.1. The number of carbonyl (C=O) groups excluding carboxylic acids is 3. The van der Waals surface area contributed by atoms with Gasteiger partial charge in [0.25, 0.3) is 11.1 Å². The number of halogens is 2. The zero-order valence-electron chi connectivity index (χ0n) is 18.3. The lowest BCUT2D eigenvalue weighted by molar-refractivity contribution is -0.139. The second-order valence-corrected chi connectivity index (χ2v) is 9.44. The van der Waals surface area contributed by atoms with Gasteiger partial charge in [0.1, 0.15) is 13.2 Å². The molecule has 4 rings (SSSR count). The molecule has 0 bridgehead atoms. The molecule has 0 spiro atoms. The number of imide groups is 1. The van der Waals surface area contributed by atoms with Crippen LogP contribution in [0.1, 0.15) is 16.7 Å². The molecule has 2 aromatic rings. The van der Waals surface area contributed by atoms with Gasteiger partial charge in [-0.15, -0.1) is 0 Å². The average Bonchev–Trinajstić information content (AvgIpc) is 3.11. The third kappa shape index (κ3) is 5.80. The van der Waals surface area contributed by atoms with E-state index in [4.69, 9.17) is 32.7 Å². The highest BCUT2D eigenvalue weighted by molar-refractivity contribution is 8.18. The number of benzene rings is 2. The number of nitrogens with zero attached hydrogens (tertiary/aromatic N) is 3. The Morgan fingerprint density at radius 2 is 1.86 bits per heavy atom. The van der Waals surface area contributed by atoms with Gasteiger partial charge in [0, 0.05) is 18.7 Å². The summed E-state index contributed by atoms with van der Waals surface area (Å²) >= 11 is 13.5. The zero-order valence-corrected chi connectivity index (χ0v) is 20.7. The summed E-state index contributed by atoms with van der Waals surface area (Å²) in [6, 6.07) is 12.2. The summed E-state index contributed by atoms with van der Waals surface area (Å²) < 4.78 is 11.0. The van der Waals surface area contributed by atoms with Gasteiger partial charge in [-0.3, -0.25) is 19.3 Å². The van der Waals surface area contributed by atoms with Crippen molar-refractivity contribution in [3.05, 3.63) is 68.0 Å². The summed E-state index contributed by atoms with van der Waals surface area (Å²) in [6.07, 6.45) is 1.50. The molecule has 11 heteroatoms. The van der Waals surface area contributed by atoms with Gasteiger partial charge in [0.2, 0.25) is 5.91 Å². The Morgan fingerprint density at radius 1 is 1.17 bits per heavy atom. The van der Waals surface area contributed by atoms with Crippen molar-refractivity contribution < 1.29 is 23.9 Å². The smallest absolute Gasteiger partial charge is 0.294 e. The van der Waals surface area contributed by atoms with E-state index in [1.165, 1.54) is 6.08 Å². The van der Waals surface area contributed by atoms with Gasteiger partial charge in [0.05, 0.1) is 39.8 Å². The van der Waals surface area contributed by atoms with Crippen molar-refractivity contribution in [2.45, 2.75) is 6.61 Å². The van der Waals surface area contributed by atoms with Crippen molar-refractivity contribution in [2.75, 3.05) is 32.8 Å². The van der Waals surface area contributed by atoms with Gasteiger partial charge in [0.15, 0.2) is 5.75 Å². The van der Waals surface area contributed by atoms with Gasteiger partial charge in [-0.1, -0.05) is 41.4 Å². The quantitative estimate of drug-likeness (QED) is 0.511. The molecule has 2 aliphatic rings. The summed E-state index contributed by atoms with van der Waals surface area (Å²) in [6.45, 7) is 1.50. The number of nitriles is 1. The summed E-state index contributed by atoms with van der Waals surface area (Å²) in [7, 11) is 0. The Hall–Kier alpha value is -3.03. The van der Waals surface area contributed by atoms with E-state index in [2.05, 4.69) is 6.07 Å². The van der Waals surface area contributed by atoms with Crippen LogP contribution in [0.4, 0.5) is 4.79 Å². The van der Waals surface area contributed by atoms with E-state index in [0.29, 0.717) is 43.0 Å². The van der Waals surface area contributed by atoms with E-state index in [1.807, 2.05) is 0 Å². The van der Waals surface area contributed by atoms with Crippen LogP contribution in [0.3, 0.4) is 0 Å². The molecule has 2 fully saturated rings. The predicted octanol–water partition coefficient (Wildman–Crippen LogP) is 4.34. The first-order valence-corrected chi connectivity index (χ1v) is 12.2. The molecule has 0 saturated carbocycles. The standard InChI is InChI=1S/C24H19Cl2N3O5S/c25-18-9-15(10-19(26)22(18)34-14-17-4-2-1-3-16(17)12-27)11-20-23(31)29(24(32)35-20)13-21(30)28-5-7-33-8-6-28/h1-4,9-11H,5-8,13-14H2/b20-11+. The van der Waals surface area contributed by atoms with Crippen molar-refractivity contribution in [1.82, 2.24) is 9.80 Å². The Bertz CT molecular complexity index is 1230. The third-order valence-corrected chi connectivity index (χ3v) is 6.83. The van der Waals surface area contributed by atoms with Crippen molar-refractivity contribution >= 4 is 58.1 Å². The maximum atomic E-state index is 12.8.